The summed E-state index contributed by atoms with van der Waals surface area (Å²) in [4.78, 5) is 0. The first-order valence-corrected chi connectivity index (χ1v) is 12.8. The maximum atomic E-state index is 2.47. The molecule has 2 aliphatic carbocycles. The Morgan fingerprint density at radius 2 is 1.43 bits per heavy atom. The summed E-state index contributed by atoms with van der Waals surface area (Å²) >= 11 is -1.84. The predicted molar refractivity (Wildman–Crippen MR) is 120 cm³/mol. The van der Waals surface area contributed by atoms with Crippen LogP contribution in [0.3, 0.4) is 0 Å². The summed E-state index contributed by atoms with van der Waals surface area (Å²) in [6, 6.07) is 16.1. The molecular weight excluding hydrogens is 443 g/mol. The first kappa shape index (κ1) is 25.3. The quantitative estimate of drug-likeness (QED) is 0.477. The van der Waals surface area contributed by atoms with Gasteiger partial charge in [0, 0.05) is 0 Å². The van der Waals surface area contributed by atoms with Gasteiger partial charge in [-0.25, -0.2) is 0 Å². The molecule has 0 spiro atoms. The van der Waals surface area contributed by atoms with Crippen LogP contribution in [0.5, 0.6) is 0 Å². The fraction of sp³-hybridized carbons (Fsp3) is 0.370. The van der Waals surface area contributed by atoms with Crippen molar-refractivity contribution in [2.75, 3.05) is 0 Å². The van der Waals surface area contributed by atoms with Gasteiger partial charge in [0.15, 0.2) is 0 Å². The van der Waals surface area contributed by atoms with E-state index in [1.54, 1.807) is 17.1 Å². The van der Waals surface area contributed by atoms with Crippen molar-refractivity contribution in [1.29, 1.82) is 0 Å². The second kappa shape index (κ2) is 9.29. The zero-order valence-corrected chi connectivity index (χ0v) is 22.0. The normalized spacial score (nSPS) is 14.0. The zero-order chi connectivity index (χ0) is 20.1. The first-order chi connectivity index (χ1) is 13.2. The van der Waals surface area contributed by atoms with E-state index >= 15 is 0 Å². The molecule has 0 radical (unpaired) electrons. The van der Waals surface area contributed by atoms with Crippen LogP contribution in [-0.4, -0.2) is 3.81 Å². The van der Waals surface area contributed by atoms with E-state index in [2.05, 4.69) is 102 Å². The van der Waals surface area contributed by atoms with E-state index in [1.165, 1.54) is 16.7 Å². The number of fused-ring (bicyclic) bond motifs is 3. The van der Waals surface area contributed by atoms with Gasteiger partial charge >= 0.3 is 177 Å². The number of halogens is 2. The molecule has 2 aliphatic rings. The van der Waals surface area contributed by atoms with E-state index in [9.17, 15) is 0 Å². The number of hydrogen-bond acceptors (Lipinski definition) is 0. The van der Waals surface area contributed by atoms with Crippen LogP contribution in [0.1, 0.15) is 59.1 Å². The van der Waals surface area contributed by atoms with Gasteiger partial charge in [0.2, 0.25) is 0 Å². The first-order valence-electron chi connectivity index (χ1n) is 10.5. The predicted octanol–water partition coefficient (Wildman–Crippen LogP) is 0.618. The Balaban J connectivity index is 0.00000160. The van der Waals surface area contributed by atoms with Gasteiger partial charge in [0.1, 0.15) is 0 Å². The van der Waals surface area contributed by atoms with Gasteiger partial charge in [0.05, 0.1) is 0 Å². The summed E-state index contributed by atoms with van der Waals surface area (Å²) in [6.07, 6.45) is 9.31. The fourth-order valence-electron chi connectivity index (χ4n) is 5.37. The molecule has 0 aromatic heterocycles. The topological polar surface area (TPSA) is 0 Å². The van der Waals surface area contributed by atoms with E-state index < -0.39 is 17.4 Å². The Labute approximate surface area is 201 Å². The smallest absolute Gasteiger partial charge is 1.00 e. The van der Waals surface area contributed by atoms with E-state index in [-0.39, 0.29) is 35.6 Å². The summed E-state index contributed by atoms with van der Waals surface area (Å²) in [5.41, 5.74) is 6.46. The van der Waals surface area contributed by atoms with Crippen LogP contribution in [0.25, 0.3) is 11.1 Å². The summed E-state index contributed by atoms with van der Waals surface area (Å²) in [5.74, 6) is 0. The molecule has 0 atom stereocenters. The van der Waals surface area contributed by atoms with Crippen molar-refractivity contribution < 1.29 is 42.2 Å². The minimum Gasteiger partial charge on any atom is -1.00 e. The van der Waals surface area contributed by atoms with Gasteiger partial charge in [-0.3, -0.25) is 0 Å². The molecule has 30 heavy (non-hydrogen) atoms. The van der Waals surface area contributed by atoms with E-state index in [1.807, 2.05) is 0 Å². The molecule has 0 aliphatic heterocycles. The van der Waals surface area contributed by atoms with Crippen LogP contribution >= 0.6 is 0 Å². The van der Waals surface area contributed by atoms with E-state index in [4.69, 9.17) is 0 Å². The second-order valence-corrected chi connectivity index (χ2v) is 14.0. The number of hydrogen-bond donors (Lipinski definition) is 0. The van der Waals surface area contributed by atoms with Crippen molar-refractivity contribution in [3.8, 4) is 11.1 Å². The third-order valence-corrected chi connectivity index (χ3v) is 12.2. The fourth-order valence-corrected chi connectivity index (χ4v) is 11.3. The Morgan fingerprint density at radius 3 is 2.03 bits per heavy atom. The molecule has 0 saturated heterocycles. The van der Waals surface area contributed by atoms with Crippen molar-refractivity contribution in [2.45, 2.75) is 54.4 Å². The van der Waals surface area contributed by atoms with Crippen LogP contribution in [0, 0.1) is 10.8 Å². The van der Waals surface area contributed by atoms with E-state index in [0.717, 1.165) is 12.8 Å². The van der Waals surface area contributed by atoms with Crippen LogP contribution in [0.2, 0.25) is 0 Å². The summed E-state index contributed by atoms with van der Waals surface area (Å²) < 4.78 is 5.20. The molecule has 0 heterocycles. The SMILES string of the molecule is CC(C)(C)[C](=[Ti+2]([C]1=CC=CC1)[c]1cccc2c1Cc1ccccc1-2)C(C)(C)C.[Cl-].[Cl-]. The molecular formula is C27H32Cl2Ti. The monoisotopic (exact) mass is 474 g/mol. The second-order valence-electron chi connectivity index (χ2n) is 10.2. The molecule has 2 aromatic carbocycles. The Bertz CT molecular complexity index is 1010. The van der Waals surface area contributed by atoms with Crippen LogP contribution in [0.4, 0.5) is 0 Å². The molecule has 0 unspecified atom stereocenters. The maximum absolute atomic E-state index is 2.47. The standard InChI is InChI=1S/C13H9.C9H18.C5H5.2ClH.Ti/c1-3-7-12-10(5-1)9-11-6-2-4-8-13(11)12;1-8(2,3)7-9(4,5)6;1-2-4-5-3-1;;;/h1-5,7-8H,9H2;1-6H3;1-3H,4H2;2*1H;/q;;;;;+2/p-2. The third kappa shape index (κ3) is 4.63. The number of rotatable bonds is 2. The summed E-state index contributed by atoms with van der Waals surface area (Å²) in [5, 5.41) is 0. The average molecular weight is 475 g/mol. The minimum absolute atomic E-state index is 0. The molecule has 0 N–H and O–H groups in total. The Morgan fingerprint density at radius 1 is 0.800 bits per heavy atom. The number of allylic oxidation sites excluding steroid dienone is 4. The van der Waals surface area contributed by atoms with Crippen molar-refractivity contribution >= 4 is 7.68 Å². The van der Waals surface area contributed by atoms with Crippen LogP contribution < -0.4 is 28.7 Å². The molecule has 0 nitrogen and oxygen atoms in total. The summed E-state index contributed by atoms with van der Waals surface area (Å²) in [6.45, 7) is 14.6. The molecule has 0 saturated carbocycles. The Kier molecular flexibility index (Phi) is 7.85. The van der Waals surface area contributed by atoms with Crippen molar-refractivity contribution in [3.05, 3.63) is 75.7 Å². The minimum atomic E-state index is -1.84. The third-order valence-electron chi connectivity index (χ3n) is 5.96. The molecule has 0 bridgehead atoms. The molecule has 0 amide bonds. The molecule has 3 heteroatoms. The van der Waals surface area contributed by atoms with Crippen molar-refractivity contribution in [3.63, 3.8) is 0 Å². The Hall–Kier alpha value is -0.916. The maximum Gasteiger partial charge on any atom is -1.00 e. The van der Waals surface area contributed by atoms with E-state index in [0.29, 0.717) is 0 Å². The number of benzene rings is 2. The van der Waals surface area contributed by atoms with Gasteiger partial charge in [-0.05, 0) is 0 Å². The van der Waals surface area contributed by atoms with Gasteiger partial charge in [0.25, 0.3) is 0 Å². The zero-order valence-electron chi connectivity index (χ0n) is 18.9. The van der Waals surface area contributed by atoms with Gasteiger partial charge in [-0.2, -0.15) is 0 Å². The van der Waals surface area contributed by atoms with Gasteiger partial charge in [-0.1, -0.05) is 0 Å². The van der Waals surface area contributed by atoms with Gasteiger partial charge in [-0.15, -0.1) is 0 Å². The average Bonchev–Trinajstić information content (AvgIpc) is 3.24. The molecule has 2 aromatic rings. The molecule has 158 valence electrons. The van der Waals surface area contributed by atoms with Gasteiger partial charge < -0.3 is 24.8 Å². The summed E-state index contributed by atoms with van der Waals surface area (Å²) in [7, 11) is 0. The molecule has 4 rings (SSSR count). The van der Waals surface area contributed by atoms with Crippen molar-refractivity contribution in [2.24, 2.45) is 10.8 Å². The van der Waals surface area contributed by atoms with Crippen molar-refractivity contribution in [1.82, 2.24) is 0 Å². The van der Waals surface area contributed by atoms with Crippen LogP contribution in [0.15, 0.2) is 64.6 Å². The largest absolute Gasteiger partial charge is 1.00 e. The molecule has 0 fully saturated rings. The van der Waals surface area contributed by atoms with Crippen LogP contribution in [-0.2, 0) is 23.8 Å².